The van der Waals surface area contributed by atoms with Crippen molar-refractivity contribution in [3.63, 3.8) is 0 Å². The van der Waals surface area contributed by atoms with Gasteiger partial charge in [0.1, 0.15) is 11.6 Å². The standard InChI is InChI=1S/C35H43FN2O4/c1-23-29(26-10-14-28(15-11-26)41-21-16-25-8-12-27(36)13-9-25)31(38-20-19-35(22-38)17-6-7-18-35)30(24(2)37-23)32(33(39)40)42-34(3,4)5/h8-15,32H,6-7,16-22H2,1-5H3,(H,39,40)/t32-/m0/s1. The lowest BCUT2D eigenvalue weighted by atomic mass is 9.85. The zero-order valence-corrected chi connectivity index (χ0v) is 25.5. The van der Waals surface area contributed by atoms with E-state index in [0.29, 0.717) is 29.7 Å². The summed E-state index contributed by atoms with van der Waals surface area (Å²) in [5.41, 5.74) is 5.72. The summed E-state index contributed by atoms with van der Waals surface area (Å²) in [6, 6.07) is 14.4. The molecule has 6 nitrogen and oxygen atoms in total. The Morgan fingerprint density at radius 1 is 1.02 bits per heavy atom. The van der Waals surface area contributed by atoms with Gasteiger partial charge in [0, 0.05) is 42.0 Å². The fourth-order valence-electron chi connectivity index (χ4n) is 6.73. The van der Waals surface area contributed by atoms with Crippen molar-refractivity contribution in [2.45, 2.75) is 84.8 Å². The van der Waals surface area contributed by atoms with Gasteiger partial charge < -0.3 is 19.5 Å². The molecule has 1 atom stereocenters. The number of hydrogen-bond acceptors (Lipinski definition) is 5. The lowest BCUT2D eigenvalue weighted by molar-refractivity contribution is -0.160. The number of aromatic nitrogens is 1. The van der Waals surface area contributed by atoms with Crippen molar-refractivity contribution in [2.75, 3.05) is 24.6 Å². The summed E-state index contributed by atoms with van der Waals surface area (Å²) in [5.74, 6) is -0.512. The highest BCUT2D eigenvalue weighted by atomic mass is 19.1. The van der Waals surface area contributed by atoms with E-state index < -0.39 is 17.7 Å². The number of benzene rings is 2. The number of carboxylic acid groups (broad SMARTS) is 1. The molecular weight excluding hydrogens is 531 g/mol. The zero-order chi connectivity index (χ0) is 30.1. The number of carboxylic acids is 1. The third-order valence-electron chi connectivity index (χ3n) is 8.67. The SMILES string of the molecule is Cc1nc(C)c([C@H](OC(C)(C)C)C(=O)O)c(N2CCC3(CCCC3)C2)c1-c1ccc(OCCc2ccc(F)cc2)cc1. The summed E-state index contributed by atoms with van der Waals surface area (Å²) in [6.07, 6.45) is 5.62. The van der Waals surface area contributed by atoms with Crippen LogP contribution in [0.3, 0.4) is 0 Å². The molecule has 1 saturated carbocycles. The molecule has 1 aromatic heterocycles. The summed E-state index contributed by atoms with van der Waals surface area (Å²) in [4.78, 5) is 20.0. The summed E-state index contributed by atoms with van der Waals surface area (Å²) < 4.78 is 25.4. The van der Waals surface area contributed by atoms with Crippen molar-refractivity contribution in [1.29, 1.82) is 0 Å². The van der Waals surface area contributed by atoms with E-state index in [4.69, 9.17) is 14.5 Å². The van der Waals surface area contributed by atoms with Crippen molar-refractivity contribution in [3.05, 3.63) is 76.9 Å². The molecule has 1 aliphatic carbocycles. The molecule has 1 saturated heterocycles. The second-order valence-corrected chi connectivity index (χ2v) is 13.0. The number of aryl methyl sites for hydroxylation is 2. The van der Waals surface area contributed by atoms with E-state index in [2.05, 4.69) is 4.90 Å². The highest BCUT2D eigenvalue weighted by molar-refractivity contribution is 5.88. The minimum absolute atomic E-state index is 0.245. The maximum Gasteiger partial charge on any atom is 0.337 e. The van der Waals surface area contributed by atoms with Gasteiger partial charge in [-0.05, 0) is 94.7 Å². The molecular formula is C35H43FN2O4. The monoisotopic (exact) mass is 574 g/mol. The second-order valence-electron chi connectivity index (χ2n) is 13.0. The van der Waals surface area contributed by atoms with Gasteiger partial charge in [0.15, 0.2) is 6.10 Å². The van der Waals surface area contributed by atoms with Crippen molar-refractivity contribution in [3.8, 4) is 16.9 Å². The van der Waals surface area contributed by atoms with E-state index in [1.54, 1.807) is 12.1 Å². The van der Waals surface area contributed by atoms with Gasteiger partial charge in [0.2, 0.25) is 0 Å². The molecule has 3 aromatic rings. The predicted octanol–water partition coefficient (Wildman–Crippen LogP) is 7.84. The first-order valence-corrected chi connectivity index (χ1v) is 15.1. The Morgan fingerprint density at radius 2 is 1.69 bits per heavy atom. The van der Waals surface area contributed by atoms with Crippen LogP contribution in [-0.4, -0.2) is 41.4 Å². The van der Waals surface area contributed by atoms with Crippen LogP contribution in [0.5, 0.6) is 5.75 Å². The first-order valence-electron chi connectivity index (χ1n) is 15.1. The van der Waals surface area contributed by atoms with Gasteiger partial charge in [-0.15, -0.1) is 0 Å². The van der Waals surface area contributed by atoms with E-state index in [1.807, 2.05) is 58.9 Å². The Morgan fingerprint density at radius 3 is 2.31 bits per heavy atom. The number of anilines is 1. The molecule has 42 heavy (non-hydrogen) atoms. The molecule has 2 aliphatic rings. The Balaban J connectivity index is 1.51. The fourth-order valence-corrected chi connectivity index (χ4v) is 6.73. The number of hydrogen-bond donors (Lipinski definition) is 1. The molecule has 0 unspecified atom stereocenters. The van der Waals surface area contributed by atoms with Crippen LogP contribution >= 0.6 is 0 Å². The highest BCUT2D eigenvalue weighted by Gasteiger charge is 2.43. The Kier molecular flexibility index (Phi) is 8.61. The van der Waals surface area contributed by atoms with Crippen molar-refractivity contribution in [2.24, 2.45) is 5.41 Å². The molecule has 5 rings (SSSR count). The summed E-state index contributed by atoms with van der Waals surface area (Å²) in [6.45, 7) is 11.8. The summed E-state index contributed by atoms with van der Waals surface area (Å²) in [7, 11) is 0. The maximum absolute atomic E-state index is 13.2. The summed E-state index contributed by atoms with van der Waals surface area (Å²) >= 11 is 0. The van der Waals surface area contributed by atoms with E-state index >= 15 is 0 Å². The Bertz CT molecular complexity index is 1410. The predicted molar refractivity (Wildman–Crippen MR) is 164 cm³/mol. The van der Waals surface area contributed by atoms with Gasteiger partial charge in [-0.1, -0.05) is 37.1 Å². The largest absolute Gasteiger partial charge is 0.493 e. The Hall–Kier alpha value is -3.45. The third kappa shape index (κ3) is 6.62. The Labute approximate surface area is 248 Å². The third-order valence-corrected chi connectivity index (χ3v) is 8.67. The molecule has 7 heteroatoms. The topological polar surface area (TPSA) is 71.9 Å². The summed E-state index contributed by atoms with van der Waals surface area (Å²) in [5, 5.41) is 10.4. The number of carbonyl (C=O) groups is 1. The van der Waals surface area contributed by atoms with Crippen LogP contribution < -0.4 is 9.64 Å². The number of ether oxygens (including phenoxy) is 2. The number of nitrogens with zero attached hydrogens (tertiary/aromatic N) is 2. The van der Waals surface area contributed by atoms with Crippen LogP contribution in [0.25, 0.3) is 11.1 Å². The average Bonchev–Trinajstić information content (AvgIpc) is 3.57. The van der Waals surface area contributed by atoms with Gasteiger partial charge in [0.05, 0.1) is 17.9 Å². The van der Waals surface area contributed by atoms with E-state index in [1.165, 1.54) is 37.8 Å². The molecule has 2 heterocycles. The molecule has 2 fully saturated rings. The normalized spacial score (nSPS) is 17.1. The van der Waals surface area contributed by atoms with Crippen LogP contribution in [-0.2, 0) is 16.0 Å². The maximum atomic E-state index is 13.2. The number of halogens is 1. The lowest BCUT2D eigenvalue weighted by Crippen LogP contribution is -2.32. The second kappa shape index (κ2) is 12.0. The van der Waals surface area contributed by atoms with Crippen LogP contribution in [0, 0.1) is 25.1 Å². The molecule has 2 aromatic carbocycles. The van der Waals surface area contributed by atoms with E-state index in [9.17, 15) is 14.3 Å². The first-order chi connectivity index (χ1) is 19.9. The number of aliphatic carboxylic acids is 1. The molecule has 1 spiro atoms. The molecule has 0 amide bonds. The van der Waals surface area contributed by atoms with Gasteiger partial charge in [-0.2, -0.15) is 0 Å². The smallest absolute Gasteiger partial charge is 0.337 e. The van der Waals surface area contributed by atoms with Crippen LogP contribution in [0.1, 0.15) is 81.5 Å². The van der Waals surface area contributed by atoms with Crippen molar-refractivity contribution >= 4 is 11.7 Å². The van der Waals surface area contributed by atoms with Gasteiger partial charge in [-0.3, -0.25) is 4.98 Å². The van der Waals surface area contributed by atoms with Crippen LogP contribution in [0.4, 0.5) is 10.1 Å². The zero-order valence-electron chi connectivity index (χ0n) is 25.5. The number of rotatable bonds is 9. The molecule has 0 bridgehead atoms. The minimum Gasteiger partial charge on any atom is -0.493 e. The van der Waals surface area contributed by atoms with Crippen molar-refractivity contribution < 1.29 is 23.8 Å². The molecule has 224 valence electrons. The first kappa shape index (κ1) is 30.0. The fraction of sp³-hybridized carbons (Fsp3) is 0.486. The van der Waals surface area contributed by atoms with Crippen LogP contribution in [0.2, 0.25) is 0 Å². The minimum atomic E-state index is -1.14. The number of pyridine rings is 1. The molecule has 1 aliphatic heterocycles. The molecule has 0 radical (unpaired) electrons. The lowest BCUT2D eigenvalue weighted by Gasteiger charge is -2.33. The van der Waals surface area contributed by atoms with Gasteiger partial charge >= 0.3 is 5.97 Å². The van der Waals surface area contributed by atoms with Crippen molar-refractivity contribution in [1.82, 2.24) is 4.98 Å². The quantitative estimate of drug-likeness (QED) is 0.281. The van der Waals surface area contributed by atoms with Crippen LogP contribution in [0.15, 0.2) is 48.5 Å². The average molecular weight is 575 g/mol. The van der Waals surface area contributed by atoms with Gasteiger partial charge in [0.25, 0.3) is 0 Å². The van der Waals surface area contributed by atoms with Gasteiger partial charge in [-0.25, -0.2) is 9.18 Å². The highest BCUT2D eigenvalue weighted by Crippen LogP contribution is 2.50. The molecule has 1 N–H and O–H groups in total. The van der Waals surface area contributed by atoms with E-state index in [-0.39, 0.29) is 5.82 Å². The van der Waals surface area contributed by atoms with E-state index in [0.717, 1.165) is 53.3 Å².